The van der Waals surface area contributed by atoms with Gasteiger partial charge < -0.3 is 9.47 Å². The molecule has 1 aromatic carbocycles. The van der Waals surface area contributed by atoms with Crippen LogP contribution in [0.15, 0.2) is 53.7 Å². The van der Waals surface area contributed by atoms with Crippen LogP contribution in [-0.4, -0.2) is 49.7 Å². The van der Waals surface area contributed by atoms with Gasteiger partial charge in [-0.2, -0.15) is 0 Å². The van der Waals surface area contributed by atoms with Gasteiger partial charge >= 0.3 is 0 Å². The number of rotatable bonds is 9. The molecule has 1 aliphatic carbocycles. The fourth-order valence-corrected chi connectivity index (χ4v) is 6.40. The topological polar surface area (TPSA) is 127 Å². The highest BCUT2D eigenvalue weighted by molar-refractivity contribution is 7.93. The summed E-state index contributed by atoms with van der Waals surface area (Å²) < 4.78 is 38.6. The summed E-state index contributed by atoms with van der Waals surface area (Å²) in [4.78, 5) is 15.0. The largest absolute Gasteiger partial charge is 0.497 e. The average Bonchev–Trinajstić information content (AvgIpc) is 2.85. The Balaban J connectivity index is 0.00000385. The number of hydrogen-bond donors (Lipinski definition) is 3. The van der Waals surface area contributed by atoms with Crippen molar-refractivity contribution in [1.29, 1.82) is 0 Å². The Morgan fingerprint density at radius 2 is 1.70 bits per heavy atom. The smallest absolute Gasteiger partial charge is 0.280 e. The number of aromatic nitrogens is 1. The summed E-state index contributed by atoms with van der Waals surface area (Å²) in [5, 5.41) is 12.6. The van der Waals surface area contributed by atoms with E-state index < -0.39 is 26.5 Å². The number of nitrogens with zero attached hydrogens (tertiary/aromatic N) is 1. The van der Waals surface area contributed by atoms with E-state index in [9.17, 15) is 18.4 Å². The number of hydrogen-bond acceptors (Lipinski definition) is 8. The molecule has 9 nitrogen and oxygen atoms in total. The average molecular weight is 500 g/mol. The van der Waals surface area contributed by atoms with E-state index in [0.29, 0.717) is 31.4 Å². The van der Waals surface area contributed by atoms with E-state index in [1.165, 1.54) is 31.4 Å². The molecular formula is C22H30ClN3O6S. The van der Waals surface area contributed by atoms with Gasteiger partial charge in [0.25, 0.3) is 5.91 Å². The van der Waals surface area contributed by atoms with Crippen molar-refractivity contribution in [2.24, 2.45) is 5.92 Å². The lowest BCUT2D eigenvalue weighted by Crippen LogP contribution is -2.66. The number of pyridine rings is 1. The van der Waals surface area contributed by atoms with Gasteiger partial charge in [-0.15, -0.1) is 12.4 Å². The molecule has 3 rings (SSSR count). The number of amides is 1. The molecular weight excluding hydrogens is 470 g/mol. The van der Waals surface area contributed by atoms with Gasteiger partial charge in [0.05, 0.1) is 18.1 Å². The van der Waals surface area contributed by atoms with Gasteiger partial charge in [-0.3, -0.25) is 20.3 Å². The van der Waals surface area contributed by atoms with Gasteiger partial charge in [0.15, 0.2) is 0 Å². The molecule has 1 fully saturated rings. The van der Waals surface area contributed by atoms with Crippen LogP contribution in [0.4, 0.5) is 0 Å². The zero-order valence-corrected chi connectivity index (χ0v) is 20.2. The SMILES string of the molecule is COc1ccc(S(=O)(=O)[C@@](NCc2ccncc2)(C(=O)NO)[C@H]2CC[C@@H](OC)CC2)cc1.Cl. The van der Waals surface area contributed by atoms with Crippen molar-refractivity contribution in [3.05, 3.63) is 54.4 Å². The lowest BCUT2D eigenvalue weighted by atomic mass is 9.81. The first-order valence-electron chi connectivity index (χ1n) is 10.4. The summed E-state index contributed by atoms with van der Waals surface area (Å²) in [6, 6.07) is 9.33. The van der Waals surface area contributed by atoms with Crippen LogP contribution < -0.4 is 15.5 Å². The number of halogens is 1. The molecule has 0 unspecified atom stereocenters. The summed E-state index contributed by atoms with van der Waals surface area (Å²) in [6.07, 6.45) is 5.27. The van der Waals surface area contributed by atoms with E-state index in [1.54, 1.807) is 37.1 Å². The summed E-state index contributed by atoms with van der Waals surface area (Å²) >= 11 is 0. The Morgan fingerprint density at radius 3 is 2.21 bits per heavy atom. The minimum absolute atomic E-state index is 0. The summed E-state index contributed by atoms with van der Waals surface area (Å²) in [5.41, 5.74) is 2.37. The maximum absolute atomic E-state index is 14.0. The number of benzene rings is 1. The maximum atomic E-state index is 14.0. The summed E-state index contributed by atoms with van der Waals surface area (Å²) in [6.45, 7) is 0.0928. The Bertz CT molecular complexity index is 999. The molecule has 1 amide bonds. The lowest BCUT2D eigenvalue weighted by molar-refractivity contribution is -0.135. The first-order chi connectivity index (χ1) is 15.4. The van der Waals surface area contributed by atoms with Crippen molar-refractivity contribution in [2.75, 3.05) is 14.2 Å². The Morgan fingerprint density at radius 1 is 1.09 bits per heavy atom. The normalized spacial score (nSPS) is 20.2. The molecule has 1 saturated carbocycles. The number of hydroxylamine groups is 1. The summed E-state index contributed by atoms with van der Waals surface area (Å²) in [5.74, 6) is -1.11. The number of ether oxygens (including phenoxy) is 2. The Labute approximate surface area is 200 Å². The van der Waals surface area contributed by atoms with Crippen LogP contribution in [0.2, 0.25) is 0 Å². The van der Waals surface area contributed by atoms with E-state index in [4.69, 9.17) is 9.47 Å². The zero-order valence-electron chi connectivity index (χ0n) is 18.6. The predicted molar refractivity (Wildman–Crippen MR) is 124 cm³/mol. The first-order valence-corrected chi connectivity index (χ1v) is 11.9. The molecule has 3 N–H and O–H groups in total. The van der Waals surface area contributed by atoms with Gasteiger partial charge in [-0.1, -0.05) is 0 Å². The number of carbonyl (C=O) groups excluding carboxylic acids is 1. The maximum Gasteiger partial charge on any atom is 0.280 e. The van der Waals surface area contributed by atoms with Crippen LogP contribution >= 0.6 is 12.4 Å². The quantitative estimate of drug-likeness (QED) is 0.355. The van der Waals surface area contributed by atoms with Crippen LogP contribution in [0.25, 0.3) is 0 Å². The minimum atomic E-state index is -4.29. The summed E-state index contributed by atoms with van der Waals surface area (Å²) in [7, 11) is -1.18. The van der Waals surface area contributed by atoms with Crippen molar-refractivity contribution < 1.29 is 27.9 Å². The third-order valence-corrected chi connectivity index (χ3v) is 8.52. The second-order valence-corrected chi connectivity index (χ2v) is 9.90. The third kappa shape index (κ3) is 5.47. The van der Waals surface area contributed by atoms with Crippen LogP contribution in [0.1, 0.15) is 31.2 Å². The highest BCUT2D eigenvalue weighted by Crippen LogP contribution is 2.40. The van der Waals surface area contributed by atoms with Crippen LogP contribution in [-0.2, 0) is 25.9 Å². The van der Waals surface area contributed by atoms with Gasteiger partial charge in [-0.05, 0) is 67.6 Å². The van der Waals surface area contributed by atoms with E-state index in [1.807, 2.05) is 0 Å². The van der Waals surface area contributed by atoms with Gasteiger partial charge in [0, 0.05) is 32.0 Å². The lowest BCUT2D eigenvalue weighted by Gasteiger charge is -2.42. The molecule has 1 heterocycles. The fraction of sp³-hybridized carbons (Fsp3) is 0.455. The molecule has 11 heteroatoms. The standard InChI is InChI=1S/C22H29N3O6S.ClH/c1-30-18-5-3-17(4-6-18)22(21(26)25-27,24-15-16-11-13-23-14-12-16)32(28,29)20-9-7-19(31-2)8-10-20;/h7-14,17-18,24,27H,3-6,15H2,1-2H3,(H,25,26);1H/t17-,18+,22-;/m1./s1. The van der Waals surface area contributed by atoms with E-state index in [0.717, 1.165) is 5.56 Å². The molecule has 2 aromatic rings. The molecule has 0 bridgehead atoms. The Kier molecular flexibility index (Phi) is 9.62. The highest BCUT2D eigenvalue weighted by Gasteiger charge is 2.57. The first kappa shape index (κ1) is 27.0. The predicted octanol–water partition coefficient (Wildman–Crippen LogP) is 2.48. The molecule has 182 valence electrons. The molecule has 0 saturated heterocycles. The van der Waals surface area contributed by atoms with Gasteiger partial charge in [-0.25, -0.2) is 13.9 Å². The van der Waals surface area contributed by atoms with E-state index in [2.05, 4.69) is 10.3 Å². The molecule has 0 aliphatic heterocycles. The van der Waals surface area contributed by atoms with Crippen molar-refractivity contribution in [3.63, 3.8) is 0 Å². The zero-order chi connectivity index (χ0) is 23.2. The van der Waals surface area contributed by atoms with Crippen LogP contribution in [0.3, 0.4) is 0 Å². The van der Waals surface area contributed by atoms with Crippen LogP contribution in [0.5, 0.6) is 5.75 Å². The second-order valence-electron chi connectivity index (χ2n) is 7.77. The molecule has 0 radical (unpaired) electrons. The number of nitrogens with one attached hydrogen (secondary N) is 2. The van der Waals surface area contributed by atoms with Crippen molar-refractivity contribution in [3.8, 4) is 5.75 Å². The second kappa shape index (κ2) is 11.8. The highest BCUT2D eigenvalue weighted by atomic mass is 35.5. The van der Waals surface area contributed by atoms with Crippen molar-refractivity contribution >= 4 is 28.2 Å². The number of carbonyl (C=O) groups is 1. The molecule has 33 heavy (non-hydrogen) atoms. The van der Waals surface area contributed by atoms with Crippen LogP contribution in [0, 0.1) is 5.92 Å². The third-order valence-electron chi connectivity index (χ3n) is 6.12. The Hall–Kier alpha value is -2.24. The number of methoxy groups -OCH3 is 2. The molecule has 0 spiro atoms. The number of sulfone groups is 1. The monoisotopic (exact) mass is 499 g/mol. The minimum Gasteiger partial charge on any atom is -0.497 e. The molecule has 1 atom stereocenters. The van der Waals surface area contributed by atoms with E-state index >= 15 is 0 Å². The van der Waals surface area contributed by atoms with Crippen molar-refractivity contribution in [1.82, 2.24) is 15.8 Å². The van der Waals surface area contributed by atoms with Gasteiger partial charge in [0.1, 0.15) is 5.75 Å². The van der Waals surface area contributed by atoms with E-state index in [-0.39, 0.29) is 30.0 Å². The van der Waals surface area contributed by atoms with Gasteiger partial charge in [0.2, 0.25) is 14.7 Å². The fourth-order valence-electron chi connectivity index (χ4n) is 4.31. The van der Waals surface area contributed by atoms with Crippen molar-refractivity contribution in [2.45, 2.75) is 48.1 Å². The molecule has 1 aliphatic rings. The molecule has 1 aromatic heterocycles.